The molecule has 6 nitrogen and oxygen atoms in total. The van der Waals surface area contributed by atoms with Crippen LogP contribution in [-0.4, -0.2) is 31.3 Å². The SMILES string of the molecule is Cn1nnc(C(F)(C(=O)O)c2ccccc2)n1. The van der Waals surface area contributed by atoms with Crippen molar-refractivity contribution in [2.75, 3.05) is 0 Å². The predicted molar refractivity (Wildman–Crippen MR) is 54.8 cm³/mol. The van der Waals surface area contributed by atoms with Gasteiger partial charge in [-0.05, 0) is 5.21 Å². The molecule has 1 N–H and O–H groups in total. The van der Waals surface area contributed by atoms with Crippen molar-refractivity contribution in [3.8, 4) is 0 Å². The number of benzene rings is 1. The molecule has 2 aromatic rings. The first-order valence-corrected chi connectivity index (χ1v) is 4.77. The highest BCUT2D eigenvalue weighted by Gasteiger charge is 2.47. The van der Waals surface area contributed by atoms with Crippen LogP contribution in [0.2, 0.25) is 0 Å². The molecule has 7 heteroatoms. The number of halogens is 1. The van der Waals surface area contributed by atoms with Crippen LogP contribution in [0.5, 0.6) is 0 Å². The van der Waals surface area contributed by atoms with Gasteiger partial charge in [-0.2, -0.15) is 4.80 Å². The van der Waals surface area contributed by atoms with Crippen molar-refractivity contribution in [1.29, 1.82) is 0 Å². The van der Waals surface area contributed by atoms with E-state index >= 15 is 0 Å². The first-order valence-electron chi connectivity index (χ1n) is 4.77. The zero-order valence-corrected chi connectivity index (χ0v) is 8.91. The van der Waals surface area contributed by atoms with Crippen LogP contribution in [0.15, 0.2) is 30.3 Å². The van der Waals surface area contributed by atoms with E-state index in [4.69, 9.17) is 5.11 Å². The van der Waals surface area contributed by atoms with Crippen molar-refractivity contribution in [2.24, 2.45) is 7.05 Å². The quantitative estimate of drug-likeness (QED) is 0.839. The van der Waals surface area contributed by atoms with Gasteiger partial charge in [0.1, 0.15) is 0 Å². The summed E-state index contributed by atoms with van der Waals surface area (Å²) in [6.45, 7) is 0. The van der Waals surface area contributed by atoms with E-state index in [2.05, 4.69) is 15.4 Å². The summed E-state index contributed by atoms with van der Waals surface area (Å²) in [4.78, 5) is 12.1. The Bertz CT molecular complexity index is 542. The van der Waals surface area contributed by atoms with Gasteiger partial charge >= 0.3 is 5.97 Å². The molecule has 0 aliphatic carbocycles. The van der Waals surface area contributed by atoms with Crippen LogP contribution in [-0.2, 0) is 17.5 Å². The average Bonchev–Trinajstić information content (AvgIpc) is 2.76. The van der Waals surface area contributed by atoms with Gasteiger partial charge in [0.15, 0.2) is 0 Å². The Morgan fingerprint density at radius 2 is 2.06 bits per heavy atom. The molecule has 0 saturated heterocycles. The van der Waals surface area contributed by atoms with Crippen LogP contribution in [0.4, 0.5) is 4.39 Å². The summed E-state index contributed by atoms with van der Waals surface area (Å²) in [6, 6.07) is 7.48. The van der Waals surface area contributed by atoms with Crippen LogP contribution in [0, 0.1) is 0 Å². The molecule has 0 saturated carbocycles. The Balaban J connectivity index is 2.58. The molecule has 0 amide bonds. The Hall–Kier alpha value is -2.31. The normalized spacial score (nSPS) is 14.2. The van der Waals surface area contributed by atoms with E-state index < -0.39 is 17.5 Å². The molecule has 17 heavy (non-hydrogen) atoms. The third-order valence-corrected chi connectivity index (χ3v) is 2.28. The first-order chi connectivity index (χ1) is 8.05. The number of carboxylic acid groups (broad SMARTS) is 1. The average molecular weight is 236 g/mol. The number of carbonyl (C=O) groups is 1. The number of carboxylic acids is 1. The fourth-order valence-electron chi connectivity index (χ4n) is 1.44. The van der Waals surface area contributed by atoms with Gasteiger partial charge in [0.2, 0.25) is 5.82 Å². The van der Waals surface area contributed by atoms with Gasteiger partial charge in [0.25, 0.3) is 5.67 Å². The number of nitrogens with zero attached hydrogens (tertiary/aromatic N) is 4. The van der Waals surface area contributed by atoms with Gasteiger partial charge in [-0.3, -0.25) is 0 Å². The molecule has 2 rings (SSSR count). The van der Waals surface area contributed by atoms with E-state index in [1.54, 1.807) is 18.2 Å². The summed E-state index contributed by atoms with van der Waals surface area (Å²) in [5.41, 5.74) is -2.82. The largest absolute Gasteiger partial charge is 0.478 e. The first kappa shape index (κ1) is 11.2. The van der Waals surface area contributed by atoms with Gasteiger partial charge in [-0.15, -0.1) is 10.2 Å². The van der Waals surface area contributed by atoms with E-state index in [9.17, 15) is 9.18 Å². The minimum Gasteiger partial charge on any atom is -0.478 e. The number of hydrogen-bond acceptors (Lipinski definition) is 4. The lowest BCUT2D eigenvalue weighted by Gasteiger charge is -2.16. The van der Waals surface area contributed by atoms with Crippen LogP contribution in [0.1, 0.15) is 11.4 Å². The van der Waals surface area contributed by atoms with Crippen LogP contribution in [0.25, 0.3) is 0 Å². The molecular formula is C10H9FN4O2. The van der Waals surface area contributed by atoms with Crippen molar-refractivity contribution in [3.63, 3.8) is 0 Å². The maximum Gasteiger partial charge on any atom is 0.354 e. The van der Waals surface area contributed by atoms with Crippen LogP contribution < -0.4 is 0 Å². The highest BCUT2D eigenvalue weighted by atomic mass is 19.1. The fraction of sp³-hybridized carbons (Fsp3) is 0.200. The Morgan fingerprint density at radius 3 is 2.53 bits per heavy atom. The number of aliphatic carboxylic acids is 1. The molecule has 0 spiro atoms. The molecule has 0 aliphatic rings. The number of rotatable bonds is 3. The van der Waals surface area contributed by atoms with Gasteiger partial charge in [-0.1, -0.05) is 30.3 Å². The number of aromatic nitrogens is 4. The maximum atomic E-state index is 14.6. The molecule has 0 bridgehead atoms. The monoisotopic (exact) mass is 236 g/mol. The third kappa shape index (κ3) is 1.75. The van der Waals surface area contributed by atoms with E-state index in [1.807, 2.05) is 0 Å². The van der Waals surface area contributed by atoms with Gasteiger partial charge < -0.3 is 5.11 Å². The molecule has 1 heterocycles. The van der Waals surface area contributed by atoms with Crippen LogP contribution >= 0.6 is 0 Å². The molecule has 0 radical (unpaired) electrons. The topological polar surface area (TPSA) is 80.9 Å². The molecular weight excluding hydrogens is 227 g/mol. The number of hydrogen-bond donors (Lipinski definition) is 1. The smallest absolute Gasteiger partial charge is 0.354 e. The lowest BCUT2D eigenvalue weighted by molar-refractivity contribution is -0.149. The van der Waals surface area contributed by atoms with E-state index in [0.29, 0.717) is 0 Å². The van der Waals surface area contributed by atoms with Gasteiger partial charge in [0, 0.05) is 5.56 Å². The summed E-state index contributed by atoms with van der Waals surface area (Å²) < 4.78 is 14.6. The second-order valence-electron chi connectivity index (χ2n) is 3.43. The van der Waals surface area contributed by atoms with Crippen molar-refractivity contribution >= 4 is 5.97 Å². The number of aryl methyl sites for hydroxylation is 1. The summed E-state index contributed by atoms with van der Waals surface area (Å²) >= 11 is 0. The maximum absolute atomic E-state index is 14.6. The second kappa shape index (κ2) is 3.93. The van der Waals surface area contributed by atoms with E-state index in [1.165, 1.54) is 19.2 Å². The zero-order valence-electron chi connectivity index (χ0n) is 8.91. The molecule has 1 unspecified atom stereocenters. The molecule has 88 valence electrons. The lowest BCUT2D eigenvalue weighted by Crippen LogP contribution is -2.33. The molecule has 1 aromatic carbocycles. The van der Waals surface area contributed by atoms with E-state index in [-0.39, 0.29) is 5.56 Å². The Morgan fingerprint density at radius 1 is 1.41 bits per heavy atom. The fourth-order valence-corrected chi connectivity index (χ4v) is 1.44. The summed E-state index contributed by atoms with van der Waals surface area (Å²) in [5.74, 6) is -2.16. The third-order valence-electron chi connectivity index (χ3n) is 2.28. The van der Waals surface area contributed by atoms with Crippen molar-refractivity contribution in [2.45, 2.75) is 5.67 Å². The molecule has 1 aromatic heterocycles. The van der Waals surface area contributed by atoms with E-state index in [0.717, 1.165) is 4.80 Å². The summed E-state index contributed by atoms with van der Waals surface area (Å²) in [7, 11) is 1.43. The molecule has 1 atom stereocenters. The second-order valence-corrected chi connectivity index (χ2v) is 3.43. The van der Waals surface area contributed by atoms with Gasteiger partial charge in [-0.25, -0.2) is 9.18 Å². The summed E-state index contributed by atoms with van der Waals surface area (Å²) in [6.07, 6.45) is 0. The zero-order chi connectivity index (χ0) is 12.5. The minimum atomic E-state index is -2.78. The van der Waals surface area contributed by atoms with Crippen LogP contribution in [0.3, 0.4) is 0 Å². The van der Waals surface area contributed by atoms with Crippen molar-refractivity contribution < 1.29 is 14.3 Å². The Labute approximate surface area is 95.7 Å². The summed E-state index contributed by atoms with van der Waals surface area (Å²) in [5, 5.41) is 19.5. The predicted octanol–water partition coefficient (Wildman–Crippen LogP) is 0.508. The minimum absolute atomic E-state index is 0.0412. The number of tetrazole rings is 1. The highest BCUT2D eigenvalue weighted by molar-refractivity contribution is 5.82. The highest BCUT2D eigenvalue weighted by Crippen LogP contribution is 2.31. The standard InChI is InChI=1S/C10H9FN4O2/c1-15-13-8(12-14-15)10(11,9(16)17)7-5-3-2-4-6-7/h2-6H,1H3,(H,16,17). The Kier molecular flexibility index (Phi) is 2.58. The molecule has 0 aliphatic heterocycles. The van der Waals surface area contributed by atoms with Crippen molar-refractivity contribution in [3.05, 3.63) is 41.7 Å². The molecule has 0 fully saturated rings. The lowest BCUT2D eigenvalue weighted by atomic mass is 9.95. The van der Waals surface area contributed by atoms with Gasteiger partial charge in [0.05, 0.1) is 7.05 Å². The number of alkyl halides is 1. The van der Waals surface area contributed by atoms with Crippen molar-refractivity contribution in [1.82, 2.24) is 20.2 Å².